The van der Waals surface area contributed by atoms with Crippen LogP contribution in [0.3, 0.4) is 0 Å². The van der Waals surface area contributed by atoms with Crippen LogP contribution in [0.15, 0.2) is 42.0 Å². The van der Waals surface area contributed by atoms with Crippen LogP contribution in [0.5, 0.6) is 5.75 Å². The number of halogens is 1. The van der Waals surface area contributed by atoms with Crippen LogP contribution < -0.4 is 0 Å². The highest BCUT2D eigenvalue weighted by molar-refractivity contribution is 5.93. The summed E-state index contributed by atoms with van der Waals surface area (Å²) >= 11 is 0. The number of rotatable bonds is 3. The third-order valence-corrected chi connectivity index (χ3v) is 3.78. The quantitative estimate of drug-likeness (QED) is 0.792. The molecule has 3 N–H and O–H groups in total. The average Bonchev–Trinajstić information content (AvgIpc) is 2.39. The van der Waals surface area contributed by atoms with Gasteiger partial charge in [-0.2, -0.15) is 0 Å². The Balaban J connectivity index is 2.68. The summed E-state index contributed by atoms with van der Waals surface area (Å²) in [7, 11) is 0. The van der Waals surface area contributed by atoms with Gasteiger partial charge in [0.1, 0.15) is 17.0 Å². The lowest BCUT2D eigenvalue weighted by molar-refractivity contribution is -0.143. The van der Waals surface area contributed by atoms with Crippen LogP contribution in [-0.2, 0) is 15.0 Å². The van der Waals surface area contributed by atoms with Crippen molar-refractivity contribution in [1.29, 1.82) is 0 Å². The van der Waals surface area contributed by atoms with Crippen LogP contribution in [0.1, 0.15) is 12.5 Å². The Morgan fingerprint density at radius 2 is 1.95 bits per heavy atom. The Labute approximate surface area is 119 Å². The van der Waals surface area contributed by atoms with E-state index in [-0.39, 0.29) is 16.9 Å². The number of hydrogen-bond donors (Lipinski definition) is 3. The Morgan fingerprint density at radius 3 is 2.48 bits per heavy atom. The SMILES string of the molecule is CC1C(C(=O)O)=CC=CC1(C(=O)O)c1ccc(O)cc1F. The van der Waals surface area contributed by atoms with E-state index in [0.717, 1.165) is 12.1 Å². The van der Waals surface area contributed by atoms with Gasteiger partial charge in [0.2, 0.25) is 0 Å². The molecule has 2 unspecified atom stereocenters. The molecule has 2 rings (SSSR count). The summed E-state index contributed by atoms with van der Waals surface area (Å²) in [5, 5.41) is 28.0. The smallest absolute Gasteiger partial charge is 0.331 e. The number of carboxylic acid groups (broad SMARTS) is 2. The predicted molar refractivity (Wildman–Crippen MR) is 71.4 cm³/mol. The molecule has 0 radical (unpaired) electrons. The molecule has 5 nitrogen and oxygen atoms in total. The fraction of sp³-hybridized carbons (Fsp3) is 0.200. The molecule has 1 aliphatic carbocycles. The zero-order valence-corrected chi connectivity index (χ0v) is 11.1. The van der Waals surface area contributed by atoms with Crippen LogP contribution in [0.25, 0.3) is 0 Å². The van der Waals surface area contributed by atoms with Gasteiger partial charge < -0.3 is 15.3 Å². The van der Waals surface area contributed by atoms with Crippen molar-refractivity contribution in [3.8, 4) is 5.75 Å². The van der Waals surface area contributed by atoms with Gasteiger partial charge in [0, 0.05) is 23.1 Å². The predicted octanol–water partition coefficient (Wildman–Crippen LogP) is 2.07. The molecule has 0 aliphatic heterocycles. The Hall–Kier alpha value is -2.63. The third kappa shape index (κ3) is 2.18. The standard InChI is InChI=1S/C15H13FO5/c1-8-10(13(18)19)3-2-6-15(8,14(20)21)11-5-4-9(17)7-12(11)16/h2-8,17H,1H3,(H,18,19)(H,20,21). The zero-order chi connectivity index (χ0) is 15.8. The molecule has 0 saturated carbocycles. The monoisotopic (exact) mass is 292 g/mol. The number of carbonyl (C=O) groups is 2. The molecule has 0 aromatic heterocycles. The number of benzene rings is 1. The number of phenols is 1. The maximum Gasteiger partial charge on any atom is 0.331 e. The normalized spacial score (nSPS) is 24.5. The number of allylic oxidation sites excluding steroid dienone is 2. The summed E-state index contributed by atoms with van der Waals surface area (Å²) in [6, 6.07) is 3.13. The van der Waals surface area contributed by atoms with Crippen LogP contribution in [-0.4, -0.2) is 27.3 Å². The molecule has 0 fully saturated rings. The molecule has 6 heteroatoms. The third-order valence-electron chi connectivity index (χ3n) is 3.78. The summed E-state index contributed by atoms with van der Waals surface area (Å²) in [5.41, 5.74) is -2.14. The Kier molecular flexibility index (Phi) is 3.55. The molecule has 110 valence electrons. The molecular weight excluding hydrogens is 279 g/mol. The fourth-order valence-corrected chi connectivity index (χ4v) is 2.63. The van der Waals surface area contributed by atoms with E-state index in [0.29, 0.717) is 0 Å². The molecule has 0 saturated heterocycles. The van der Waals surface area contributed by atoms with Crippen molar-refractivity contribution < 1.29 is 29.3 Å². The lowest BCUT2D eigenvalue weighted by Gasteiger charge is -2.35. The molecule has 0 amide bonds. The number of hydrogen-bond acceptors (Lipinski definition) is 3. The molecule has 0 spiro atoms. The first kappa shape index (κ1) is 14.8. The number of aromatic hydroxyl groups is 1. The summed E-state index contributed by atoms with van der Waals surface area (Å²) in [6.07, 6.45) is 3.86. The second-order valence-corrected chi connectivity index (χ2v) is 4.85. The summed E-state index contributed by atoms with van der Waals surface area (Å²) in [5.74, 6) is -4.82. The van der Waals surface area contributed by atoms with Gasteiger partial charge in [-0.15, -0.1) is 0 Å². The molecule has 21 heavy (non-hydrogen) atoms. The molecular formula is C15H13FO5. The average molecular weight is 292 g/mol. The summed E-state index contributed by atoms with van der Waals surface area (Å²) < 4.78 is 14.1. The molecule has 1 aromatic carbocycles. The van der Waals surface area contributed by atoms with Crippen LogP contribution >= 0.6 is 0 Å². The number of aliphatic carboxylic acids is 2. The van der Waals surface area contributed by atoms with Crippen molar-refractivity contribution in [2.75, 3.05) is 0 Å². The lowest BCUT2D eigenvalue weighted by Crippen LogP contribution is -2.44. The van der Waals surface area contributed by atoms with Crippen molar-refractivity contribution >= 4 is 11.9 Å². The molecule has 1 aromatic rings. The van der Waals surface area contributed by atoms with E-state index in [1.54, 1.807) is 0 Å². The summed E-state index contributed by atoms with van der Waals surface area (Å²) in [6.45, 7) is 1.42. The lowest BCUT2D eigenvalue weighted by atomic mass is 9.65. The highest BCUT2D eigenvalue weighted by Crippen LogP contribution is 2.42. The highest BCUT2D eigenvalue weighted by atomic mass is 19.1. The van der Waals surface area contributed by atoms with Crippen LogP contribution in [0.4, 0.5) is 4.39 Å². The molecule has 0 heterocycles. The minimum Gasteiger partial charge on any atom is -0.508 e. The van der Waals surface area contributed by atoms with Crippen molar-refractivity contribution in [2.45, 2.75) is 12.3 Å². The van der Waals surface area contributed by atoms with Gasteiger partial charge in [0.15, 0.2) is 0 Å². The molecule has 2 atom stereocenters. The topological polar surface area (TPSA) is 94.8 Å². The number of carboxylic acids is 2. The van der Waals surface area contributed by atoms with Crippen LogP contribution in [0.2, 0.25) is 0 Å². The van der Waals surface area contributed by atoms with Crippen molar-refractivity contribution in [2.24, 2.45) is 5.92 Å². The van der Waals surface area contributed by atoms with E-state index in [1.165, 1.54) is 31.2 Å². The van der Waals surface area contributed by atoms with E-state index in [2.05, 4.69) is 0 Å². The highest BCUT2D eigenvalue weighted by Gasteiger charge is 2.48. The molecule has 1 aliphatic rings. The number of phenolic OH excluding ortho intramolecular Hbond substituents is 1. The van der Waals surface area contributed by atoms with E-state index < -0.39 is 29.1 Å². The molecule has 0 bridgehead atoms. The van der Waals surface area contributed by atoms with Gasteiger partial charge in [-0.25, -0.2) is 9.18 Å². The van der Waals surface area contributed by atoms with Gasteiger partial charge in [0.05, 0.1) is 0 Å². The van der Waals surface area contributed by atoms with Gasteiger partial charge >= 0.3 is 11.9 Å². The minimum absolute atomic E-state index is 0.118. The fourth-order valence-electron chi connectivity index (χ4n) is 2.63. The largest absolute Gasteiger partial charge is 0.508 e. The van der Waals surface area contributed by atoms with Gasteiger partial charge in [-0.3, -0.25) is 4.79 Å². The minimum atomic E-state index is -1.83. The van der Waals surface area contributed by atoms with E-state index in [1.807, 2.05) is 0 Å². The van der Waals surface area contributed by atoms with E-state index >= 15 is 0 Å². The maximum atomic E-state index is 14.1. The first-order chi connectivity index (χ1) is 9.80. The Morgan fingerprint density at radius 1 is 1.29 bits per heavy atom. The van der Waals surface area contributed by atoms with Crippen LogP contribution in [0, 0.1) is 11.7 Å². The van der Waals surface area contributed by atoms with Crippen molar-refractivity contribution in [1.82, 2.24) is 0 Å². The second-order valence-electron chi connectivity index (χ2n) is 4.85. The van der Waals surface area contributed by atoms with Gasteiger partial charge in [-0.05, 0) is 6.07 Å². The second kappa shape index (κ2) is 5.05. The van der Waals surface area contributed by atoms with E-state index in [4.69, 9.17) is 5.11 Å². The van der Waals surface area contributed by atoms with Gasteiger partial charge in [0.25, 0.3) is 0 Å². The van der Waals surface area contributed by atoms with Crippen molar-refractivity contribution in [3.63, 3.8) is 0 Å². The Bertz CT molecular complexity index is 677. The first-order valence-corrected chi connectivity index (χ1v) is 6.15. The first-order valence-electron chi connectivity index (χ1n) is 6.15. The summed E-state index contributed by atoms with van der Waals surface area (Å²) in [4.78, 5) is 23.0. The van der Waals surface area contributed by atoms with Gasteiger partial charge in [-0.1, -0.05) is 31.2 Å². The zero-order valence-electron chi connectivity index (χ0n) is 11.1. The van der Waals surface area contributed by atoms with Crippen molar-refractivity contribution in [3.05, 3.63) is 53.4 Å². The maximum absolute atomic E-state index is 14.1. The van der Waals surface area contributed by atoms with E-state index in [9.17, 15) is 24.2 Å².